The fourth-order valence-electron chi connectivity index (χ4n) is 5.13. The third-order valence-corrected chi connectivity index (χ3v) is 6.53. The molecule has 0 unspecified atom stereocenters. The number of ether oxygens (including phenoxy) is 1. The Morgan fingerprint density at radius 1 is 1.19 bits per heavy atom. The number of hydrogen-bond acceptors (Lipinski definition) is 5. The third-order valence-electron chi connectivity index (χ3n) is 6.53. The van der Waals surface area contributed by atoms with Gasteiger partial charge >= 0.3 is 6.09 Å². The van der Waals surface area contributed by atoms with Gasteiger partial charge in [0.2, 0.25) is 0 Å². The van der Waals surface area contributed by atoms with Crippen molar-refractivity contribution in [2.75, 3.05) is 39.9 Å². The molecule has 0 atom stereocenters. The van der Waals surface area contributed by atoms with Crippen LogP contribution in [0.15, 0.2) is 5.16 Å². The lowest BCUT2D eigenvalue weighted by molar-refractivity contribution is -0.00567. The second-order valence-electron chi connectivity index (χ2n) is 8.26. The van der Waals surface area contributed by atoms with E-state index in [0.29, 0.717) is 24.0 Å². The average Bonchev–Trinajstić information content (AvgIpc) is 3.07. The summed E-state index contributed by atoms with van der Waals surface area (Å²) >= 11 is 0. The van der Waals surface area contributed by atoms with Crippen molar-refractivity contribution in [2.45, 2.75) is 64.8 Å². The Kier molecular flexibility index (Phi) is 6.43. The lowest BCUT2D eigenvalue weighted by atomic mass is 9.64. The second-order valence-corrected chi connectivity index (χ2v) is 8.26. The Morgan fingerprint density at radius 3 is 2.54 bits per heavy atom. The first-order valence-corrected chi connectivity index (χ1v) is 10.4. The molecule has 26 heavy (non-hydrogen) atoms. The fourth-order valence-corrected chi connectivity index (χ4v) is 5.13. The maximum Gasteiger partial charge on any atom is 0.409 e. The number of likely N-dealkylation sites (tertiary alicyclic amines) is 2. The number of hydrogen-bond donors (Lipinski definition) is 0. The van der Waals surface area contributed by atoms with Crippen LogP contribution in [-0.2, 0) is 9.57 Å². The molecule has 3 aliphatic rings. The summed E-state index contributed by atoms with van der Waals surface area (Å²) in [4.78, 5) is 21.6. The monoisotopic (exact) mass is 365 g/mol. The standard InChI is InChI=1S/C20H35N3O3/c1-4-6-18(21-25-3)16-7-10-22(11-8-16)17-13-20(14-17)9-12-23(15-20)19(24)26-5-2/h16-17H,4-15H2,1-3H3. The van der Waals surface area contributed by atoms with Crippen molar-refractivity contribution in [1.29, 1.82) is 0 Å². The van der Waals surface area contributed by atoms with Gasteiger partial charge in [-0.3, -0.25) is 0 Å². The first-order chi connectivity index (χ1) is 12.6. The number of nitrogens with zero attached hydrogens (tertiary/aromatic N) is 3. The van der Waals surface area contributed by atoms with Crippen molar-refractivity contribution in [1.82, 2.24) is 9.80 Å². The molecule has 3 rings (SSSR count). The summed E-state index contributed by atoms with van der Waals surface area (Å²) in [6.07, 6.45) is 8.05. The molecule has 2 saturated heterocycles. The molecule has 0 N–H and O–H groups in total. The van der Waals surface area contributed by atoms with Gasteiger partial charge in [0, 0.05) is 25.0 Å². The van der Waals surface area contributed by atoms with Crippen LogP contribution in [0.4, 0.5) is 4.79 Å². The number of amides is 1. The highest BCUT2D eigenvalue weighted by molar-refractivity contribution is 5.86. The number of carbonyl (C=O) groups is 1. The minimum atomic E-state index is -0.130. The number of oxime groups is 1. The molecule has 1 spiro atoms. The van der Waals surface area contributed by atoms with Gasteiger partial charge in [-0.1, -0.05) is 18.5 Å². The summed E-state index contributed by atoms with van der Waals surface area (Å²) in [7, 11) is 1.65. The van der Waals surface area contributed by atoms with E-state index in [2.05, 4.69) is 17.0 Å². The third kappa shape index (κ3) is 4.16. The molecular formula is C20H35N3O3. The lowest BCUT2D eigenvalue weighted by Gasteiger charge is -2.51. The van der Waals surface area contributed by atoms with Crippen LogP contribution >= 0.6 is 0 Å². The van der Waals surface area contributed by atoms with Crippen molar-refractivity contribution in [3.63, 3.8) is 0 Å². The van der Waals surface area contributed by atoms with E-state index in [1.165, 1.54) is 44.5 Å². The van der Waals surface area contributed by atoms with Gasteiger partial charge in [0.05, 0.1) is 12.3 Å². The second kappa shape index (κ2) is 8.59. The fraction of sp³-hybridized carbons (Fsp3) is 0.900. The Bertz CT molecular complexity index is 508. The highest BCUT2D eigenvalue weighted by Crippen LogP contribution is 2.50. The summed E-state index contributed by atoms with van der Waals surface area (Å²) in [5.41, 5.74) is 1.61. The Balaban J connectivity index is 1.44. The molecule has 1 amide bonds. The first-order valence-electron chi connectivity index (χ1n) is 10.4. The predicted molar refractivity (Wildman–Crippen MR) is 102 cm³/mol. The molecule has 1 saturated carbocycles. The van der Waals surface area contributed by atoms with Gasteiger partial charge < -0.3 is 19.4 Å². The molecule has 3 fully saturated rings. The molecule has 6 heteroatoms. The van der Waals surface area contributed by atoms with Gasteiger partial charge in [0.1, 0.15) is 7.11 Å². The lowest BCUT2D eigenvalue weighted by Crippen LogP contribution is -2.54. The zero-order chi connectivity index (χ0) is 18.6. The molecule has 2 aliphatic heterocycles. The predicted octanol–water partition coefficient (Wildman–Crippen LogP) is 3.51. The summed E-state index contributed by atoms with van der Waals surface area (Å²) in [6, 6.07) is 0.701. The molecule has 0 aromatic heterocycles. The van der Waals surface area contributed by atoms with E-state index >= 15 is 0 Å². The minimum absolute atomic E-state index is 0.130. The molecule has 0 bridgehead atoms. The van der Waals surface area contributed by atoms with Crippen LogP contribution in [0.25, 0.3) is 0 Å². The molecule has 0 radical (unpaired) electrons. The van der Waals surface area contributed by atoms with Crippen molar-refractivity contribution in [3.8, 4) is 0 Å². The Hall–Kier alpha value is -1.30. The van der Waals surface area contributed by atoms with E-state index in [4.69, 9.17) is 9.57 Å². The van der Waals surface area contributed by atoms with Crippen LogP contribution in [0.5, 0.6) is 0 Å². The van der Waals surface area contributed by atoms with Gasteiger partial charge in [0.25, 0.3) is 0 Å². The maximum absolute atomic E-state index is 11.9. The van der Waals surface area contributed by atoms with Crippen LogP contribution in [0.3, 0.4) is 0 Å². The highest BCUT2D eigenvalue weighted by Gasteiger charge is 2.51. The van der Waals surface area contributed by atoms with E-state index in [1.807, 2.05) is 11.8 Å². The highest BCUT2D eigenvalue weighted by atomic mass is 16.6. The smallest absolute Gasteiger partial charge is 0.409 e. The zero-order valence-electron chi connectivity index (χ0n) is 16.7. The largest absolute Gasteiger partial charge is 0.450 e. The number of piperidine rings is 1. The maximum atomic E-state index is 11.9. The molecule has 0 aromatic rings. The summed E-state index contributed by atoms with van der Waals surface area (Å²) in [5, 5.41) is 4.29. The van der Waals surface area contributed by atoms with E-state index in [1.54, 1.807) is 7.11 Å². The minimum Gasteiger partial charge on any atom is -0.450 e. The molecule has 2 heterocycles. The van der Waals surface area contributed by atoms with Crippen LogP contribution in [0.1, 0.15) is 58.8 Å². The van der Waals surface area contributed by atoms with Gasteiger partial charge in [-0.05, 0) is 64.0 Å². The molecular weight excluding hydrogens is 330 g/mol. The summed E-state index contributed by atoms with van der Waals surface area (Å²) in [6.45, 7) is 8.62. The van der Waals surface area contributed by atoms with E-state index in [-0.39, 0.29) is 6.09 Å². The van der Waals surface area contributed by atoms with E-state index < -0.39 is 0 Å². The van der Waals surface area contributed by atoms with Crippen LogP contribution in [0.2, 0.25) is 0 Å². The van der Waals surface area contributed by atoms with Crippen molar-refractivity contribution >= 4 is 11.8 Å². The Morgan fingerprint density at radius 2 is 1.92 bits per heavy atom. The molecule has 148 valence electrons. The Labute approximate surface area is 157 Å². The zero-order valence-corrected chi connectivity index (χ0v) is 16.7. The topological polar surface area (TPSA) is 54.4 Å². The summed E-state index contributed by atoms with van der Waals surface area (Å²) in [5.74, 6) is 0.589. The van der Waals surface area contributed by atoms with Gasteiger partial charge in [-0.15, -0.1) is 0 Å². The van der Waals surface area contributed by atoms with Gasteiger partial charge in [-0.25, -0.2) is 4.79 Å². The van der Waals surface area contributed by atoms with Crippen molar-refractivity contribution in [2.24, 2.45) is 16.5 Å². The van der Waals surface area contributed by atoms with E-state index in [0.717, 1.165) is 32.4 Å². The van der Waals surface area contributed by atoms with E-state index in [9.17, 15) is 4.79 Å². The van der Waals surface area contributed by atoms with Crippen molar-refractivity contribution < 1.29 is 14.4 Å². The first kappa shape index (κ1) is 19.5. The number of carbonyl (C=O) groups excluding carboxylic acids is 1. The van der Waals surface area contributed by atoms with Gasteiger partial charge in [0.15, 0.2) is 0 Å². The van der Waals surface area contributed by atoms with Crippen LogP contribution in [-0.4, -0.2) is 67.5 Å². The SMILES string of the molecule is CCCC(=NOC)C1CCN(C2CC3(CCN(C(=O)OCC)C3)C2)CC1. The number of rotatable bonds is 6. The van der Waals surface area contributed by atoms with Crippen molar-refractivity contribution in [3.05, 3.63) is 0 Å². The average molecular weight is 366 g/mol. The normalized spacial score (nSPS) is 30.5. The molecule has 0 aromatic carbocycles. The summed E-state index contributed by atoms with van der Waals surface area (Å²) < 4.78 is 5.16. The van der Waals surface area contributed by atoms with Crippen LogP contribution in [0, 0.1) is 11.3 Å². The molecule has 6 nitrogen and oxygen atoms in total. The van der Waals surface area contributed by atoms with Gasteiger partial charge in [-0.2, -0.15) is 0 Å². The molecule has 1 aliphatic carbocycles. The van der Waals surface area contributed by atoms with Crippen LogP contribution < -0.4 is 0 Å². The quantitative estimate of drug-likeness (QED) is 0.534.